The number of esters is 1. The van der Waals surface area contributed by atoms with E-state index in [-0.39, 0.29) is 21.7 Å². The highest BCUT2D eigenvalue weighted by molar-refractivity contribution is 8.00. The molecule has 3 atom stereocenters. The largest absolute Gasteiger partial charge is 0.465 e. The Bertz CT molecular complexity index is 1570. The Labute approximate surface area is 237 Å². The molecule has 2 aliphatic rings. The van der Waals surface area contributed by atoms with Crippen LogP contribution in [0.5, 0.6) is 0 Å². The average molecular weight is 617 g/mol. The molecule has 0 N–H and O–H groups in total. The van der Waals surface area contributed by atoms with Crippen LogP contribution >= 0.6 is 46.3 Å². The van der Waals surface area contributed by atoms with E-state index in [1.54, 1.807) is 19.1 Å². The number of thiazole rings is 1. The zero-order valence-corrected chi connectivity index (χ0v) is 23.0. The number of anilines is 1. The van der Waals surface area contributed by atoms with Crippen LogP contribution in [0.2, 0.25) is 10.0 Å². The quantitative estimate of drug-likeness (QED) is 0.274. The molecular weight excluding hydrogens is 600 g/mol. The summed E-state index contributed by atoms with van der Waals surface area (Å²) in [5.74, 6) is -4.60. The molecule has 2 aromatic carbocycles. The molecule has 2 amide bonds. The standard InChI is InChI=1S/C25H17Cl2F3N2O5S2/c1-2-37-15(33)10-31-23-20(39-24(31)36)16(11-6-5-8-13(26)18(11)27)17-19(38-23)22(35)32(21(17)34)14-9-4-3-7-12(14)25(28,29)30/h3-9,16-17,19H,2,10H2,1H3/t16-,17?,19?/m1/s1. The van der Waals surface area contributed by atoms with E-state index in [9.17, 15) is 32.3 Å². The van der Waals surface area contributed by atoms with Gasteiger partial charge in [-0.05, 0) is 30.7 Å². The fourth-order valence-corrected chi connectivity index (χ4v) is 8.02. The molecule has 5 rings (SSSR count). The Kier molecular flexibility index (Phi) is 7.34. The van der Waals surface area contributed by atoms with Gasteiger partial charge < -0.3 is 4.74 Å². The first-order valence-electron chi connectivity index (χ1n) is 11.5. The number of fused-ring (bicyclic) bond motifs is 2. The number of carbonyl (C=O) groups excluding carboxylic acids is 3. The average Bonchev–Trinajstić information content (AvgIpc) is 3.31. The molecule has 1 fully saturated rings. The van der Waals surface area contributed by atoms with Crippen molar-refractivity contribution in [3.8, 4) is 0 Å². The predicted molar refractivity (Wildman–Crippen MR) is 141 cm³/mol. The molecule has 204 valence electrons. The summed E-state index contributed by atoms with van der Waals surface area (Å²) in [5, 5.41) is -0.728. The number of para-hydroxylation sites is 1. The Hall–Kier alpha value is -2.80. The topological polar surface area (TPSA) is 85.7 Å². The number of ether oxygens (including phenoxy) is 1. The second kappa shape index (κ2) is 10.3. The van der Waals surface area contributed by atoms with Crippen LogP contribution in [0.25, 0.3) is 0 Å². The van der Waals surface area contributed by atoms with E-state index in [4.69, 9.17) is 27.9 Å². The number of carbonyl (C=O) groups is 3. The molecular formula is C25H17Cl2F3N2O5S2. The van der Waals surface area contributed by atoms with Gasteiger partial charge in [0.05, 0.1) is 38.8 Å². The molecule has 14 heteroatoms. The van der Waals surface area contributed by atoms with Gasteiger partial charge in [0, 0.05) is 10.8 Å². The molecule has 0 radical (unpaired) electrons. The number of alkyl halides is 3. The van der Waals surface area contributed by atoms with Gasteiger partial charge in [0.1, 0.15) is 11.8 Å². The van der Waals surface area contributed by atoms with Gasteiger partial charge in [-0.25, -0.2) is 4.90 Å². The minimum atomic E-state index is -4.83. The number of benzene rings is 2. The summed E-state index contributed by atoms with van der Waals surface area (Å²) in [4.78, 5) is 53.2. The molecule has 3 heterocycles. The minimum absolute atomic E-state index is 0.0768. The van der Waals surface area contributed by atoms with Gasteiger partial charge >= 0.3 is 17.0 Å². The van der Waals surface area contributed by atoms with Crippen LogP contribution in [0.3, 0.4) is 0 Å². The van der Waals surface area contributed by atoms with Crippen LogP contribution in [-0.2, 0) is 31.8 Å². The summed E-state index contributed by atoms with van der Waals surface area (Å²) < 4.78 is 47.7. The van der Waals surface area contributed by atoms with Gasteiger partial charge in [-0.1, -0.05) is 70.6 Å². The van der Waals surface area contributed by atoms with E-state index in [0.29, 0.717) is 15.3 Å². The predicted octanol–water partition coefficient (Wildman–Crippen LogP) is 5.59. The molecule has 3 aromatic rings. The van der Waals surface area contributed by atoms with E-state index >= 15 is 0 Å². The van der Waals surface area contributed by atoms with Gasteiger partial charge in [-0.2, -0.15) is 13.2 Å². The molecule has 0 aliphatic carbocycles. The Balaban J connectivity index is 1.70. The number of halogens is 5. The van der Waals surface area contributed by atoms with E-state index in [1.165, 1.54) is 18.2 Å². The van der Waals surface area contributed by atoms with Gasteiger partial charge in [0.2, 0.25) is 11.8 Å². The summed E-state index contributed by atoms with van der Waals surface area (Å²) in [6, 6.07) is 9.01. The second-order valence-corrected chi connectivity index (χ2v) is 11.5. The van der Waals surface area contributed by atoms with E-state index in [1.807, 2.05) is 0 Å². The van der Waals surface area contributed by atoms with Crippen LogP contribution in [0.4, 0.5) is 18.9 Å². The van der Waals surface area contributed by atoms with Crippen molar-refractivity contribution in [2.75, 3.05) is 11.5 Å². The second-order valence-electron chi connectivity index (χ2n) is 8.64. The van der Waals surface area contributed by atoms with Crippen molar-refractivity contribution in [3.05, 3.63) is 78.2 Å². The van der Waals surface area contributed by atoms with Gasteiger partial charge in [-0.3, -0.25) is 23.7 Å². The van der Waals surface area contributed by atoms with Crippen LogP contribution in [-0.4, -0.2) is 34.2 Å². The number of nitrogens with zero attached hydrogens (tertiary/aromatic N) is 2. The summed E-state index contributed by atoms with van der Waals surface area (Å²) in [7, 11) is 0. The van der Waals surface area contributed by atoms with Crippen molar-refractivity contribution >= 4 is 69.8 Å². The molecule has 1 saturated heterocycles. The van der Waals surface area contributed by atoms with Crippen LogP contribution in [0.15, 0.2) is 52.3 Å². The van der Waals surface area contributed by atoms with E-state index in [0.717, 1.165) is 39.8 Å². The van der Waals surface area contributed by atoms with E-state index in [2.05, 4.69) is 0 Å². The maximum Gasteiger partial charge on any atom is 0.418 e. The van der Waals surface area contributed by atoms with Gasteiger partial charge in [-0.15, -0.1) is 0 Å². The van der Waals surface area contributed by atoms with Crippen molar-refractivity contribution in [2.24, 2.45) is 5.92 Å². The van der Waals surface area contributed by atoms with Gasteiger partial charge in [0.15, 0.2) is 0 Å². The highest BCUT2D eigenvalue weighted by Crippen LogP contribution is 2.55. The van der Waals surface area contributed by atoms with Crippen LogP contribution in [0, 0.1) is 5.92 Å². The van der Waals surface area contributed by atoms with E-state index < -0.39 is 63.7 Å². The van der Waals surface area contributed by atoms with Gasteiger partial charge in [0.25, 0.3) is 0 Å². The molecule has 1 aromatic heterocycles. The van der Waals surface area contributed by atoms with Crippen molar-refractivity contribution in [2.45, 2.75) is 35.8 Å². The van der Waals surface area contributed by atoms with Crippen molar-refractivity contribution in [1.82, 2.24) is 4.57 Å². The molecule has 7 nitrogen and oxygen atoms in total. The number of hydrogen-bond acceptors (Lipinski definition) is 7. The highest BCUT2D eigenvalue weighted by Gasteiger charge is 2.58. The van der Waals surface area contributed by atoms with Crippen molar-refractivity contribution in [3.63, 3.8) is 0 Å². The third kappa shape index (κ3) is 4.66. The smallest absolute Gasteiger partial charge is 0.418 e. The van der Waals surface area contributed by atoms with Crippen molar-refractivity contribution < 1.29 is 32.3 Å². The zero-order valence-electron chi connectivity index (χ0n) is 19.8. The molecule has 0 saturated carbocycles. The van der Waals surface area contributed by atoms with Crippen LogP contribution in [0.1, 0.15) is 28.8 Å². The Morgan fingerprint density at radius 3 is 2.46 bits per heavy atom. The first-order chi connectivity index (χ1) is 18.5. The number of imide groups is 1. The number of aromatic nitrogens is 1. The molecule has 0 spiro atoms. The summed E-state index contributed by atoms with van der Waals surface area (Å²) in [5.41, 5.74) is -1.39. The number of hydrogen-bond donors (Lipinski definition) is 0. The molecule has 0 bridgehead atoms. The number of thioether (sulfide) groups is 1. The Morgan fingerprint density at radius 2 is 1.77 bits per heavy atom. The third-order valence-electron chi connectivity index (χ3n) is 6.41. The SMILES string of the molecule is CCOC(=O)Cn1c2c(sc1=O)[C@H](c1cccc(Cl)c1Cl)C1C(=O)N(c3ccccc3C(F)(F)F)C(=O)C1S2. The maximum atomic E-state index is 13.9. The lowest BCUT2D eigenvalue weighted by atomic mass is 9.83. The lowest BCUT2D eigenvalue weighted by molar-refractivity contribution is -0.144. The molecule has 39 heavy (non-hydrogen) atoms. The summed E-state index contributed by atoms with van der Waals surface area (Å²) in [6.07, 6.45) is -4.83. The normalized spacial score (nSPS) is 20.7. The number of rotatable bonds is 5. The first kappa shape index (κ1) is 27.8. The number of amides is 2. The fourth-order valence-electron chi connectivity index (χ4n) is 4.83. The lowest BCUT2D eigenvalue weighted by Crippen LogP contribution is -2.33. The van der Waals surface area contributed by atoms with Crippen molar-refractivity contribution in [1.29, 1.82) is 0 Å². The summed E-state index contributed by atoms with van der Waals surface area (Å²) >= 11 is 14.4. The highest BCUT2D eigenvalue weighted by atomic mass is 35.5. The Morgan fingerprint density at radius 1 is 1.05 bits per heavy atom. The minimum Gasteiger partial charge on any atom is -0.465 e. The van der Waals surface area contributed by atoms with Crippen LogP contribution < -0.4 is 9.77 Å². The lowest BCUT2D eigenvalue weighted by Gasteiger charge is -2.31. The monoisotopic (exact) mass is 616 g/mol. The first-order valence-corrected chi connectivity index (χ1v) is 13.9. The fraction of sp³-hybridized carbons (Fsp3) is 0.280. The molecule has 2 unspecified atom stereocenters. The third-order valence-corrected chi connectivity index (χ3v) is 9.85. The summed E-state index contributed by atoms with van der Waals surface area (Å²) in [6.45, 7) is 1.25. The zero-order chi connectivity index (χ0) is 28.2. The molecule has 2 aliphatic heterocycles. The maximum absolute atomic E-state index is 13.9.